The first-order chi connectivity index (χ1) is 8.20. The van der Waals surface area contributed by atoms with Gasteiger partial charge in [-0.25, -0.2) is 9.78 Å². The van der Waals surface area contributed by atoms with E-state index >= 15 is 0 Å². The Balaban J connectivity index is 2.00. The number of aromatic nitrogens is 2. The van der Waals surface area contributed by atoms with E-state index in [0.717, 1.165) is 5.92 Å². The minimum absolute atomic E-state index is 0.324. The van der Waals surface area contributed by atoms with Crippen molar-refractivity contribution in [2.75, 3.05) is 6.61 Å². The molecule has 1 aliphatic carbocycles. The highest BCUT2D eigenvalue weighted by Gasteiger charge is 2.20. The number of esters is 1. The Morgan fingerprint density at radius 3 is 2.82 bits per heavy atom. The van der Waals surface area contributed by atoms with E-state index in [1.165, 1.54) is 25.7 Å². The van der Waals surface area contributed by atoms with E-state index in [-0.39, 0.29) is 5.97 Å². The molecule has 0 spiro atoms. The second kappa shape index (κ2) is 5.34. The van der Waals surface area contributed by atoms with Crippen molar-refractivity contribution in [3.05, 3.63) is 18.2 Å². The maximum atomic E-state index is 11.5. The lowest BCUT2D eigenvalue weighted by atomic mass is 9.87. The third kappa shape index (κ3) is 2.87. The minimum Gasteiger partial charge on any atom is -0.461 e. The Morgan fingerprint density at radius 2 is 2.18 bits per heavy atom. The quantitative estimate of drug-likeness (QED) is 0.758. The first-order valence-electron chi connectivity index (χ1n) is 6.41. The number of hydrogen-bond acceptors (Lipinski definition) is 3. The number of nitrogens with zero attached hydrogens (tertiary/aromatic N) is 2. The fraction of sp³-hybridized carbons (Fsp3) is 0.692. The van der Waals surface area contributed by atoms with E-state index in [4.69, 9.17) is 4.74 Å². The van der Waals surface area contributed by atoms with Crippen molar-refractivity contribution < 1.29 is 9.53 Å². The maximum absolute atomic E-state index is 11.5. The largest absolute Gasteiger partial charge is 0.461 e. The molecule has 94 valence electrons. The molecule has 17 heavy (non-hydrogen) atoms. The lowest BCUT2D eigenvalue weighted by Crippen LogP contribution is -2.15. The van der Waals surface area contributed by atoms with Gasteiger partial charge in [0.2, 0.25) is 0 Å². The van der Waals surface area contributed by atoms with Crippen LogP contribution in [0.15, 0.2) is 12.5 Å². The zero-order valence-corrected chi connectivity index (χ0v) is 10.6. The molecule has 1 saturated carbocycles. The predicted molar refractivity (Wildman–Crippen MR) is 64.9 cm³/mol. The van der Waals surface area contributed by atoms with E-state index in [1.54, 1.807) is 13.3 Å². The number of carbonyl (C=O) groups excluding carboxylic acids is 1. The Morgan fingerprint density at radius 1 is 1.47 bits per heavy atom. The van der Waals surface area contributed by atoms with Gasteiger partial charge < -0.3 is 9.30 Å². The Labute approximate surface area is 102 Å². The van der Waals surface area contributed by atoms with Crippen LogP contribution >= 0.6 is 0 Å². The molecule has 1 aromatic heterocycles. The monoisotopic (exact) mass is 236 g/mol. The van der Waals surface area contributed by atoms with E-state index in [0.29, 0.717) is 18.3 Å². The van der Waals surface area contributed by atoms with Crippen LogP contribution in [0.5, 0.6) is 0 Å². The zero-order valence-electron chi connectivity index (χ0n) is 10.6. The van der Waals surface area contributed by atoms with E-state index < -0.39 is 0 Å². The van der Waals surface area contributed by atoms with Crippen LogP contribution in [0.2, 0.25) is 0 Å². The van der Waals surface area contributed by atoms with Crippen LogP contribution in [0.25, 0.3) is 0 Å². The van der Waals surface area contributed by atoms with Crippen molar-refractivity contribution in [1.82, 2.24) is 9.55 Å². The molecular formula is C13H20N2O2. The topological polar surface area (TPSA) is 44.1 Å². The van der Waals surface area contributed by atoms with Crippen LogP contribution in [-0.4, -0.2) is 22.1 Å². The molecular weight excluding hydrogens is 216 g/mol. The number of imidazole rings is 1. The van der Waals surface area contributed by atoms with Gasteiger partial charge >= 0.3 is 5.97 Å². The van der Waals surface area contributed by atoms with Crippen molar-refractivity contribution in [3.8, 4) is 0 Å². The summed E-state index contributed by atoms with van der Waals surface area (Å²) in [6, 6.07) is 0.502. The van der Waals surface area contributed by atoms with Crippen molar-refractivity contribution in [2.24, 2.45) is 5.92 Å². The van der Waals surface area contributed by atoms with Gasteiger partial charge in [-0.05, 0) is 38.5 Å². The molecule has 1 fully saturated rings. The molecule has 0 bridgehead atoms. The fourth-order valence-corrected chi connectivity index (χ4v) is 2.39. The number of hydrogen-bond donors (Lipinski definition) is 0. The first-order valence-corrected chi connectivity index (χ1v) is 6.41. The summed E-state index contributed by atoms with van der Waals surface area (Å²) in [5.41, 5.74) is 0.422. The average Bonchev–Trinajstić information content (AvgIpc) is 2.80. The van der Waals surface area contributed by atoms with Gasteiger partial charge in [0.1, 0.15) is 0 Å². The summed E-state index contributed by atoms with van der Waals surface area (Å²) in [5, 5.41) is 0. The summed E-state index contributed by atoms with van der Waals surface area (Å²) in [4.78, 5) is 15.6. The van der Waals surface area contributed by atoms with Crippen LogP contribution < -0.4 is 0 Å². The molecule has 0 saturated heterocycles. The van der Waals surface area contributed by atoms with Crippen molar-refractivity contribution in [3.63, 3.8) is 0 Å². The van der Waals surface area contributed by atoms with Crippen LogP contribution in [0.1, 0.15) is 56.1 Å². The number of rotatable bonds is 3. The fourth-order valence-electron chi connectivity index (χ4n) is 2.39. The van der Waals surface area contributed by atoms with Gasteiger partial charge in [-0.2, -0.15) is 0 Å². The molecule has 0 aliphatic heterocycles. The molecule has 4 heteroatoms. The third-order valence-electron chi connectivity index (χ3n) is 3.49. The Hall–Kier alpha value is -1.32. The molecule has 0 atom stereocenters. The third-order valence-corrected chi connectivity index (χ3v) is 3.49. The summed E-state index contributed by atoms with van der Waals surface area (Å²) < 4.78 is 7.00. The van der Waals surface area contributed by atoms with Gasteiger partial charge in [-0.3, -0.25) is 0 Å². The molecule has 1 aliphatic rings. The van der Waals surface area contributed by atoms with Gasteiger partial charge in [-0.15, -0.1) is 0 Å². The first kappa shape index (κ1) is 12.1. The predicted octanol–water partition coefficient (Wildman–Crippen LogP) is 2.81. The van der Waals surface area contributed by atoms with Crippen LogP contribution in [-0.2, 0) is 4.74 Å². The summed E-state index contributed by atoms with van der Waals surface area (Å²) in [5.74, 6) is 0.509. The lowest BCUT2D eigenvalue weighted by molar-refractivity contribution is 0.0520. The number of carbonyl (C=O) groups is 1. The molecule has 0 aromatic carbocycles. The Kier molecular flexibility index (Phi) is 3.82. The molecule has 1 aromatic rings. The molecule has 0 amide bonds. The second-order valence-corrected chi connectivity index (χ2v) is 4.84. The summed E-state index contributed by atoms with van der Waals surface area (Å²) in [7, 11) is 0. The highest BCUT2D eigenvalue weighted by molar-refractivity contribution is 5.86. The standard InChI is InChI=1S/C13H20N2O2/c1-3-17-13(16)12-8-15(9-14-12)11-6-4-10(2)5-7-11/h8-11H,3-7H2,1-2H3/t10-,11-. The smallest absolute Gasteiger partial charge is 0.358 e. The van der Waals surface area contributed by atoms with E-state index in [2.05, 4.69) is 16.5 Å². The highest BCUT2D eigenvalue weighted by Crippen LogP contribution is 2.31. The van der Waals surface area contributed by atoms with Crippen LogP contribution in [0, 0.1) is 5.92 Å². The summed E-state index contributed by atoms with van der Waals surface area (Å²) >= 11 is 0. The van der Waals surface area contributed by atoms with Gasteiger partial charge in [0.15, 0.2) is 5.69 Å². The molecule has 4 nitrogen and oxygen atoms in total. The zero-order chi connectivity index (χ0) is 12.3. The van der Waals surface area contributed by atoms with Gasteiger partial charge in [0.25, 0.3) is 0 Å². The number of ether oxygens (including phenoxy) is 1. The van der Waals surface area contributed by atoms with E-state index in [1.807, 2.05) is 6.20 Å². The van der Waals surface area contributed by atoms with Crippen LogP contribution in [0.3, 0.4) is 0 Å². The maximum Gasteiger partial charge on any atom is 0.358 e. The average molecular weight is 236 g/mol. The van der Waals surface area contributed by atoms with Crippen LogP contribution in [0.4, 0.5) is 0 Å². The lowest BCUT2D eigenvalue weighted by Gasteiger charge is -2.26. The molecule has 0 radical (unpaired) electrons. The molecule has 0 unspecified atom stereocenters. The molecule has 2 rings (SSSR count). The molecule has 1 heterocycles. The summed E-state index contributed by atoms with van der Waals surface area (Å²) in [6.07, 6.45) is 8.46. The van der Waals surface area contributed by atoms with E-state index in [9.17, 15) is 4.79 Å². The Bertz CT molecular complexity index is 379. The van der Waals surface area contributed by atoms with Gasteiger partial charge in [-0.1, -0.05) is 6.92 Å². The normalized spacial score (nSPS) is 24.6. The van der Waals surface area contributed by atoms with Crippen molar-refractivity contribution in [1.29, 1.82) is 0 Å². The summed E-state index contributed by atoms with van der Waals surface area (Å²) in [6.45, 7) is 4.50. The van der Waals surface area contributed by atoms with Gasteiger partial charge in [0, 0.05) is 12.2 Å². The second-order valence-electron chi connectivity index (χ2n) is 4.84. The van der Waals surface area contributed by atoms with Gasteiger partial charge in [0.05, 0.1) is 12.9 Å². The van der Waals surface area contributed by atoms with Crippen molar-refractivity contribution >= 4 is 5.97 Å². The SMILES string of the molecule is CCOC(=O)c1cn([C@H]2CC[C@H](C)CC2)cn1. The highest BCUT2D eigenvalue weighted by atomic mass is 16.5. The molecule has 0 N–H and O–H groups in total. The van der Waals surface area contributed by atoms with Crippen molar-refractivity contribution in [2.45, 2.75) is 45.6 Å². The minimum atomic E-state index is -0.324.